The highest BCUT2D eigenvalue weighted by Gasteiger charge is 2.47. The normalized spacial score (nSPS) is 21.3. The average molecular weight is 1870 g/mol. The smallest absolute Gasteiger partial charge is 0.250 e. The number of hydrogen-bond acceptors (Lipinski definition) is 12. The lowest BCUT2D eigenvalue weighted by atomic mass is 9.95. The van der Waals surface area contributed by atoms with Crippen LogP contribution in [0.1, 0.15) is 194 Å². The first kappa shape index (κ1) is 93.6. The number of nitrogens with zero attached hydrogens (tertiary/aromatic N) is 12. The molecule has 8 aromatic carbocycles. The first-order chi connectivity index (χ1) is 65.4. The van der Waals surface area contributed by atoms with Gasteiger partial charge in [0.1, 0.15) is 23.0 Å². The second kappa shape index (κ2) is 39.4. The van der Waals surface area contributed by atoms with E-state index in [1.54, 1.807) is 73.3 Å². The Morgan fingerprint density at radius 2 is 0.463 bits per heavy atom. The molecule has 0 bridgehead atoms. The molecule has 8 fully saturated rings. The summed E-state index contributed by atoms with van der Waals surface area (Å²) in [5, 5.41) is 0. The Kier molecular flexibility index (Phi) is 27.1. The zero-order valence-electron chi connectivity index (χ0n) is 75.6. The number of imidazole rings is 4. The molecule has 12 aromatic rings. The Bertz CT molecular complexity index is 5910. The first-order valence-corrected chi connectivity index (χ1v) is 44.9. The van der Waals surface area contributed by atoms with Crippen LogP contribution in [0.25, 0.3) is 47.1 Å². The number of amides is 4. The van der Waals surface area contributed by atoms with Crippen molar-refractivity contribution < 1.29 is 90.8 Å². The van der Waals surface area contributed by atoms with Crippen molar-refractivity contribution in [2.24, 2.45) is 0 Å². The molecule has 0 unspecified atom stereocenters. The molecule has 136 heavy (non-hydrogen) atoms. The van der Waals surface area contributed by atoms with Crippen LogP contribution >= 0.6 is 0 Å². The summed E-state index contributed by atoms with van der Waals surface area (Å²) in [5.74, 6) is -13.9. The molecule has 8 saturated heterocycles. The summed E-state index contributed by atoms with van der Waals surface area (Å²) in [6, 6.07) is 28.8. The molecule has 20 rings (SSSR count). The molecule has 704 valence electrons. The van der Waals surface area contributed by atoms with Crippen molar-refractivity contribution in [1.29, 1.82) is 0 Å². The molecule has 20 nitrogen and oxygen atoms in total. The number of aromatic nitrogens is 8. The zero-order valence-corrected chi connectivity index (χ0v) is 75.6. The zero-order chi connectivity index (χ0) is 95.9. The minimum absolute atomic E-state index is 0.00668. The number of rotatable bonds is 16. The molecule has 0 aliphatic carbocycles. The van der Waals surface area contributed by atoms with Crippen LogP contribution < -0.4 is 18.9 Å². The standard InChI is InChI=1S/4C26H24F3N3O2/c4*1-15-13-31(14-30-15)23-7-3-16(10-24(23)34-2)9-17-4-5-19-6-8-22(32(19)26(17)33)18-11-20(27)25(29)21(28)12-18/h4*3,7,9-14,19,22H,4-6,8H2,1-2H3/b4*17-9+/t2*19-,22+;2*19-,22-/m1010/s1. The first-order valence-electron chi connectivity index (χ1n) is 44.9. The fraction of sp³-hybridized carbons (Fsp3) is 0.308. The van der Waals surface area contributed by atoms with Crippen LogP contribution in [0.3, 0.4) is 0 Å². The van der Waals surface area contributed by atoms with Crippen molar-refractivity contribution in [3.8, 4) is 45.7 Å². The third-order valence-corrected chi connectivity index (χ3v) is 26.7. The van der Waals surface area contributed by atoms with Gasteiger partial charge < -0.3 is 56.8 Å². The average Bonchev–Trinajstić information content (AvgIpc) is 1.64. The van der Waals surface area contributed by atoms with Gasteiger partial charge in [0.25, 0.3) is 23.6 Å². The molecule has 8 aliphatic rings. The van der Waals surface area contributed by atoms with Crippen LogP contribution in [0.4, 0.5) is 52.7 Å². The molecule has 0 N–H and O–H groups in total. The van der Waals surface area contributed by atoms with Gasteiger partial charge >= 0.3 is 0 Å². The fourth-order valence-corrected chi connectivity index (χ4v) is 20.2. The highest BCUT2D eigenvalue weighted by Crippen LogP contribution is 2.49. The molecule has 8 atom stereocenters. The van der Waals surface area contributed by atoms with E-state index in [2.05, 4.69) is 19.9 Å². The van der Waals surface area contributed by atoms with Crippen molar-refractivity contribution in [2.45, 2.75) is 179 Å². The molecular formula is C104H96F12N12O8. The van der Waals surface area contributed by atoms with Crippen LogP contribution in [-0.4, -0.2) is 134 Å². The monoisotopic (exact) mass is 1870 g/mol. The Morgan fingerprint density at radius 3 is 0.632 bits per heavy atom. The Balaban J connectivity index is 0.000000126. The highest BCUT2D eigenvalue weighted by atomic mass is 19.2. The second-order valence-corrected chi connectivity index (χ2v) is 35.3. The summed E-state index contributed by atoms with van der Waals surface area (Å²) in [5.41, 5.74) is 13.8. The van der Waals surface area contributed by atoms with Gasteiger partial charge in [-0.05, 0) is 296 Å². The molecule has 0 spiro atoms. The van der Waals surface area contributed by atoms with Gasteiger partial charge in [0.05, 0.1) is 123 Å². The van der Waals surface area contributed by atoms with Gasteiger partial charge in [-0.2, -0.15) is 0 Å². The largest absolute Gasteiger partial charge is 0.495 e. The maximum Gasteiger partial charge on any atom is 0.250 e. The van der Waals surface area contributed by atoms with Gasteiger partial charge in [0, 0.05) is 71.2 Å². The van der Waals surface area contributed by atoms with Gasteiger partial charge in [-0.3, -0.25) is 19.2 Å². The maximum atomic E-state index is 13.9. The predicted molar refractivity (Wildman–Crippen MR) is 484 cm³/mol. The number of piperidine rings is 4. The SMILES string of the molecule is COc1cc(/C=C2\CC[C@@H]3CC[C@@H](c4cc(F)c(F)c(F)c4)N3C2=O)ccc1-n1cnc(C)c1.COc1cc(/C=C2\CC[C@@H]3CC[C@H](c4cc(F)c(F)c(F)c4)N3C2=O)ccc1-n1cnc(C)c1.COc1cc(/C=C2\CC[C@H]3CC[C@@H](c4cc(F)c(F)c(F)c4)N3C2=O)ccc1-n1cnc(C)c1.COc1cc(/C=C2\CC[C@H]3CC[C@H](c4cc(F)c(F)c(F)c4)N3C2=O)ccc1-n1cnc(C)c1. The van der Waals surface area contributed by atoms with Crippen LogP contribution in [0.2, 0.25) is 0 Å². The number of carbonyl (C=O) groups excluding carboxylic acids is 4. The Hall–Kier alpha value is -14.2. The van der Waals surface area contributed by atoms with E-state index in [1.807, 2.05) is 168 Å². The van der Waals surface area contributed by atoms with E-state index in [-0.39, 0.29) is 70.0 Å². The van der Waals surface area contributed by atoms with E-state index in [0.717, 1.165) is 168 Å². The van der Waals surface area contributed by atoms with Gasteiger partial charge in [0.2, 0.25) is 0 Å². The van der Waals surface area contributed by atoms with Gasteiger partial charge in [-0.1, -0.05) is 24.3 Å². The fourth-order valence-electron chi connectivity index (χ4n) is 20.2. The van der Waals surface area contributed by atoms with E-state index in [4.69, 9.17) is 18.9 Å². The van der Waals surface area contributed by atoms with E-state index >= 15 is 0 Å². The third-order valence-electron chi connectivity index (χ3n) is 26.7. The number of halogens is 12. The Morgan fingerprint density at radius 1 is 0.272 bits per heavy atom. The van der Waals surface area contributed by atoms with Crippen LogP contribution in [-0.2, 0) is 19.2 Å². The summed E-state index contributed by atoms with van der Waals surface area (Å²) in [4.78, 5) is 77.6. The highest BCUT2D eigenvalue weighted by molar-refractivity contribution is 6.02. The lowest BCUT2D eigenvalue weighted by Gasteiger charge is -2.35. The number of methoxy groups -OCH3 is 4. The number of hydrogen-bond donors (Lipinski definition) is 0. The van der Waals surface area contributed by atoms with E-state index in [1.165, 1.54) is 0 Å². The Labute approximate surface area is 776 Å². The predicted octanol–water partition coefficient (Wildman–Crippen LogP) is 22.1. The number of fused-ring (bicyclic) bond motifs is 4. The second-order valence-electron chi connectivity index (χ2n) is 35.3. The molecule has 32 heteroatoms. The van der Waals surface area contributed by atoms with Crippen LogP contribution in [0, 0.1) is 97.5 Å². The van der Waals surface area contributed by atoms with E-state index in [9.17, 15) is 71.9 Å². The summed E-state index contributed by atoms with van der Waals surface area (Å²) >= 11 is 0. The summed E-state index contributed by atoms with van der Waals surface area (Å²) < 4.78 is 194. The van der Waals surface area contributed by atoms with E-state index < -0.39 is 94.0 Å². The van der Waals surface area contributed by atoms with Crippen molar-refractivity contribution in [1.82, 2.24) is 57.8 Å². The molecule has 4 amide bonds. The molecular weight excluding hydrogens is 1770 g/mol. The van der Waals surface area contributed by atoms with Gasteiger partial charge in [0.15, 0.2) is 69.8 Å². The molecule has 4 aromatic heterocycles. The molecule has 0 radical (unpaired) electrons. The minimum Gasteiger partial charge on any atom is -0.495 e. The van der Waals surface area contributed by atoms with E-state index in [0.29, 0.717) is 96.7 Å². The lowest BCUT2D eigenvalue weighted by Crippen LogP contribution is -2.41. The number of aryl methyl sites for hydroxylation is 4. The van der Waals surface area contributed by atoms with Crippen LogP contribution in [0.15, 0.2) is 194 Å². The van der Waals surface area contributed by atoms with Crippen molar-refractivity contribution in [3.63, 3.8) is 0 Å². The van der Waals surface area contributed by atoms with Crippen LogP contribution in [0.5, 0.6) is 23.0 Å². The summed E-state index contributed by atoms with van der Waals surface area (Å²) in [6.07, 6.45) is 32.7. The number of carbonyl (C=O) groups is 4. The minimum atomic E-state index is -1.49. The number of ether oxygens (including phenoxy) is 4. The summed E-state index contributed by atoms with van der Waals surface area (Å²) in [7, 11) is 6.36. The third kappa shape index (κ3) is 19.1. The van der Waals surface area contributed by atoms with Crippen molar-refractivity contribution in [2.75, 3.05) is 28.4 Å². The van der Waals surface area contributed by atoms with Gasteiger partial charge in [-0.15, -0.1) is 0 Å². The molecule has 0 saturated carbocycles. The quantitative estimate of drug-likeness (QED) is 0.0506. The molecule has 8 aliphatic heterocycles. The topological polar surface area (TPSA) is 189 Å². The number of benzene rings is 8. The van der Waals surface area contributed by atoms with Gasteiger partial charge in [-0.25, -0.2) is 72.6 Å². The summed E-state index contributed by atoms with van der Waals surface area (Å²) in [6.45, 7) is 7.63. The van der Waals surface area contributed by atoms with Crippen molar-refractivity contribution in [3.05, 3.63) is 331 Å². The van der Waals surface area contributed by atoms with Crippen molar-refractivity contribution >= 4 is 47.9 Å². The lowest BCUT2D eigenvalue weighted by molar-refractivity contribution is -0.132. The maximum absolute atomic E-state index is 13.9. The molecule has 12 heterocycles.